The summed E-state index contributed by atoms with van der Waals surface area (Å²) in [5, 5.41) is 2.98. The molecule has 0 aliphatic heterocycles. The minimum atomic E-state index is -0.753. The van der Waals surface area contributed by atoms with Crippen molar-refractivity contribution in [2.24, 2.45) is 5.92 Å². The summed E-state index contributed by atoms with van der Waals surface area (Å²) in [5.41, 5.74) is 0.539. The van der Waals surface area contributed by atoms with Crippen LogP contribution in [0.5, 0.6) is 0 Å². The molecule has 1 heterocycles. The molecule has 21 heavy (non-hydrogen) atoms. The summed E-state index contributed by atoms with van der Waals surface area (Å²) in [6.07, 6.45) is 1.32. The standard InChI is InChI=1S/C14H19ClN2O4/c1-9(2)6-12(17-14(19)20-3)13(18)21-8-11-7-10(15)4-5-16-11/h4-5,7,9,12H,6,8H2,1-3H3,(H,17,19)/t12-/m0/s1. The van der Waals surface area contributed by atoms with E-state index >= 15 is 0 Å². The number of alkyl carbamates (subject to hydrolysis) is 1. The third-order valence-electron chi connectivity index (χ3n) is 2.61. The lowest BCUT2D eigenvalue weighted by Crippen LogP contribution is -2.42. The molecule has 0 unspecified atom stereocenters. The van der Waals surface area contributed by atoms with E-state index in [0.717, 1.165) is 0 Å². The van der Waals surface area contributed by atoms with Gasteiger partial charge in [0.05, 0.1) is 12.8 Å². The average molecular weight is 315 g/mol. The molecule has 1 rings (SSSR count). The van der Waals surface area contributed by atoms with E-state index in [1.807, 2.05) is 13.8 Å². The molecule has 0 saturated carbocycles. The Balaban J connectivity index is 2.61. The quantitative estimate of drug-likeness (QED) is 0.816. The Morgan fingerprint density at radius 3 is 2.71 bits per heavy atom. The van der Waals surface area contributed by atoms with Gasteiger partial charge in [0.1, 0.15) is 12.6 Å². The minimum Gasteiger partial charge on any atom is -0.458 e. The number of carbonyl (C=O) groups excluding carboxylic acids is 2. The van der Waals surface area contributed by atoms with Gasteiger partial charge in [-0.25, -0.2) is 9.59 Å². The summed E-state index contributed by atoms with van der Waals surface area (Å²) < 4.78 is 9.66. The second-order valence-corrected chi connectivity index (χ2v) is 5.33. The number of carbonyl (C=O) groups is 2. The molecule has 0 aromatic carbocycles. The van der Waals surface area contributed by atoms with Gasteiger partial charge in [0.2, 0.25) is 0 Å². The molecule has 6 nitrogen and oxygen atoms in total. The number of nitrogens with zero attached hydrogens (tertiary/aromatic N) is 1. The molecule has 1 amide bonds. The van der Waals surface area contributed by atoms with Crippen LogP contribution in [0, 0.1) is 5.92 Å². The van der Waals surface area contributed by atoms with Crippen LogP contribution in [0.25, 0.3) is 0 Å². The molecule has 1 atom stereocenters. The van der Waals surface area contributed by atoms with Crippen LogP contribution in [-0.4, -0.2) is 30.2 Å². The number of hydrogen-bond donors (Lipinski definition) is 1. The van der Waals surface area contributed by atoms with E-state index in [4.69, 9.17) is 16.3 Å². The number of ether oxygens (including phenoxy) is 2. The molecule has 0 saturated heterocycles. The summed E-state index contributed by atoms with van der Waals surface area (Å²) in [6.45, 7) is 3.88. The molecule has 0 fully saturated rings. The van der Waals surface area contributed by atoms with Crippen LogP contribution in [0.2, 0.25) is 5.02 Å². The lowest BCUT2D eigenvalue weighted by molar-refractivity contribution is -0.147. The first-order valence-electron chi connectivity index (χ1n) is 6.54. The lowest BCUT2D eigenvalue weighted by Gasteiger charge is -2.18. The summed E-state index contributed by atoms with van der Waals surface area (Å²) in [4.78, 5) is 27.3. The second-order valence-electron chi connectivity index (χ2n) is 4.89. The van der Waals surface area contributed by atoms with E-state index < -0.39 is 18.1 Å². The zero-order chi connectivity index (χ0) is 15.8. The van der Waals surface area contributed by atoms with E-state index in [1.54, 1.807) is 12.1 Å². The van der Waals surface area contributed by atoms with Crippen LogP contribution in [0.15, 0.2) is 18.3 Å². The van der Waals surface area contributed by atoms with Crippen molar-refractivity contribution in [2.75, 3.05) is 7.11 Å². The van der Waals surface area contributed by atoms with E-state index in [9.17, 15) is 9.59 Å². The first kappa shape index (κ1) is 17.2. The first-order valence-corrected chi connectivity index (χ1v) is 6.91. The van der Waals surface area contributed by atoms with E-state index in [-0.39, 0.29) is 12.5 Å². The monoisotopic (exact) mass is 314 g/mol. The van der Waals surface area contributed by atoms with E-state index in [2.05, 4.69) is 15.0 Å². The van der Waals surface area contributed by atoms with Gasteiger partial charge in [-0.3, -0.25) is 4.98 Å². The van der Waals surface area contributed by atoms with Crippen LogP contribution >= 0.6 is 11.6 Å². The molecule has 7 heteroatoms. The Morgan fingerprint density at radius 1 is 1.43 bits per heavy atom. The molecular weight excluding hydrogens is 296 g/mol. The fourth-order valence-electron chi connectivity index (χ4n) is 1.66. The third-order valence-corrected chi connectivity index (χ3v) is 2.85. The van der Waals surface area contributed by atoms with Crippen molar-refractivity contribution in [3.05, 3.63) is 29.0 Å². The van der Waals surface area contributed by atoms with Gasteiger partial charge < -0.3 is 14.8 Å². The molecule has 116 valence electrons. The third kappa shape index (κ3) is 6.44. The molecule has 1 aromatic rings. The maximum Gasteiger partial charge on any atom is 0.407 e. The fourth-order valence-corrected chi connectivity index (χ4v) is 1.84. The molecule has 1 N–H and O–H groups in total. The molecule has 0 bridgehead atoms. The number of pyridine rings is 1. The molecular formula is C14H19ClN2O4. The van der Waals surface area contributed by atoms with Crippen LogP contribution in [0.3, 0.4) is 0 Å². The highest BCUT2D eigenvalue weighted by Crippen LogP contribution is 2.11. The van der Waals surface area contributed by atoms with E-state index in [1.165, 1.54) is 13.3 Å². The largest absolute Gasteiger partial charge is 0.458 e. The Hall–Kier alpha value is -1.82. The van der Waals surface area contributed by atoms with Gasteiger partial charge in [-0.1, -0.05) is 25.4 Å². The van der Waals surface area contributed by atoms with Gasteiger partial charge in [0.15, 0.2) is 0 Å². The maximum absolute atomic E-state index is 12.0. The number of amides is 1. The van der Waals surface area contributed by atoms with Crippen molar-refractivity contribution in [1.82, 2.24) is 10.3 Å². The van der Waals surface area contributed by atoms with Crippen molar-refractivity contribution < 1.29 is 19.1 Å². The van der Waals surface area contributed by atoms with Crippen molar-refractivity contribution in [3.63, 3.8) is 0 Å². The van der Waals surface area contributed by atoms with E-state index in [0.29, 0.717) is 17.1 Å². The SMILES string of the molecule is COC(=O)N[C@@H](CC(C)C)C(=O)OCc1cc(Cl)ccn1. The van der Waals surface area contributed by atoms with Crippen molar-refractivity contribution in [3.8, 4) is 0 Å². The molecule has 0 radical (unpaired) electrons. The Labute approximate surface area is 128 Å². The lowest BCUT2D eigenvalue weighted by atomic mass is 10.0. The highest BCUT2D eigenvalue weighted by atomic mass is 35.5. The first-order chi connectivity index (χ1) is 9.92. The number of rotatable bonds is 6. The average Bonchev–Trinajstić information content (AvgIpc) is 2.43. The smallest absolute Gasteiger partial charge is 0.407 e. The predicted octanol–water partition coefficient (Wildman–Crippen LogP) is 2.55. The zero-order valence-electron chi connectivity index (χ0n) is 12.3. The molecule has 0 aliphatic rings. The summed E-state index contributed by atoms with van der Waals surface area (Å²) in [6, 6.07) is 2.49. The Morgan fingerprint density at radius 2 is 2.14 bits per heavy atom. The summed E-state index contributed by atoms with van der Waals surface area (Å²) in [7, 11) is 1.24. The van der Waals surface area contributed by atoms with Gasteiger partial charge in [-0.2, -0.15) is 0 Å². The number of methoxy groups -OCH3 is 1. The topological polar surface area (TPSA) is 77.5 Å². The number of halogens is 1. The predicted molar refractivity (Wildman–Crippen MR) is 77.8 cm³/mol. The number of aromatic nitrogens is 1. The highest BCUT2D eigenvalue weighted by Gasteiger charge is 2.23. The molecule has 1 aromatic heterocycles. The Bertz CT molecular complexity index is 494. The van der Waals surface area contributed by atoms with Crippen LogP contribution in [-0.2, 0) is 20.9 Å². The number of esters is 1. The van der Waals surface area contributed by atoms with Gasteiger partial charge in [-0.05, 0) is 24.5 Å². The zero-order valence-corrected chi connectivity index (χ0v) is 13.0. The fraction of sp³-hybridized carbons (Fsp3) is 0.500. The Kier molecular flexibility index (Phi) is 6.94. The summed E-state index contributed by atoms with van der Waals surface area (Å²) >= 11 is 5.83. The van der Waals surface area contributed by atoms with Crippen molar-refractivity contribution in [2.45, 2.75) is 32.9 Å². The van der Waals surface area contributed by atoms with Gasteiger partial charge in [0.25, 0.3) is 0 Å². The van der Waals surface area contributed by atoms with Crippen molar-refractivity contribution in [1.29, 1.82) is 0 Å². The number of hydrogen-bond acceptors (Lipinski definition) is 5. The van der Waals surface area contributed by atoms with Gasteiger partial charge >= 0.3 is 12.1 Å². The van der Waals surface area contributed by atoms with Crippen LogP contribution < -0.4 is 5.32 Å². The van der Waals surface area contributed by atoms with Crippen LogP contribution in [0.4, 0.5) is 4.79 Å². The van der Waals surface area contributed by atoms with Crippen molar-refractivity contribution >= 4 is 23.7 Å². The minimum absolute atomic E-state index is 0.00313. The number of nitrogens with one attached hydrogen (secondary N) is 1. The second kappa shape index (κ2) is 8.46. The molecule has 0 aliphatic carbocycles. The summed E-state index contributed by atoms with van der Waals surface area (Å²) in [5.74, 6) is -0.320. The van der Waals surface area contributed by atoms with Gasteiger partial charge in [0, 0.05) is 11.2 Å². The molecule has 0 spiro atoms. The highest BCUT2D eigenvalue weighted by molar-refractivity contribution is 6.30. The van der Waals surface area contributed by atoms with Gasteiger partial charge in [-0.15, -0.1) is 0 Å². The normalized spacial score (nSPS) is 11.9. The van der Waals surface area contributed by atoms with Crippen LogP contribution in [0.1, 0.15) is 26.0 Å². The maximum atomic E-state index is 12.0.